The number of nitrogens with zero attached hydrogens (tertiary/aromatic N) is 1. The van der Waals surface area contributed by atoms with Gasteiger partial charge in [-0.25, -0.2) is 4.99 Å². The molecule has 0 spiro atoms. The molecule has 0 saturated carbocycles. The fourth-order valence-electron chi connectivity index (χ4n) is 2.67. The van der Waals surface area contributed by atoms with Gasteiger partial charge in [-0.1, -0.05) is 12.1 Å². The molecular weight excluding hydrogens is 342 g/mol. The number of aliphatic imine (C=N–C) groups is 1. The summed E-state index contributed by atoms with van der Waals surface area (Å²) in [6, 6.07) is 11.9. The third-order valence-corrected chi connectivity index (χ3v) is 4.13. The molecule has 146 valence electrons. The van der Waals surface area contributed by atoms with Crippen LogP contribution in [0.15, 0.2) is 41.4 Å². The second-order valence-corrected chi connectivity index (χ2v) is 6.04. The standard InChI is InChI=1S/C21H29N3O3/c1-6-22-21(23-13-16-8-7-15(2)11-19(16)26-4)24-14-17-9-10-18(25-3)12-20(17)27-5/h7-12H,6,13-14H2,1-5H3,(H2,22,23,24). The van der Waals surface area contributed by atoms with Crippen molar-refractivity contribution in [2.24, 2.45) is 4.99 Å². The third-order valence-electron chi connectivity index (χ3n) is 4.13. The van der Waals surface area contributed by atoms with Crippen molar-refractivity contribution in [3.8, 4) is 17.2 Å². The maximum atomic E-state index is 5.47. The molecule has 0 aliphatic rings. The van der Waals surface area contributed by atoms with E-state index in [0.29, 0.717) is 13.1 Å². The van der Waals surface area contributed by atoms with Gasteiger partial charge in [0.05, 0.1) is 27.9 Å². The molecule has 0 aromatic heterocycles. The molecule has 6 heteroatoms. The molecule has 6 nitrogen and oxygen atoms in total. The first kappa shape index (κ1) is 20.4. The van der Waals surface area contributed by atoms with Crippen LogP contribution in [-0.4, -0.2) is 33.8 Å². The zero-order valence-corrected chi connectivity index (χ0v) is 16.8. The summed E-state index contributed by atoms with van der Waals surface area (Å²) < 4.78 is 16.2. The van der Waals surface area contributed by atoms with Gasteiger partial charge in [-0.05, 0) is 37.6 Å². The Balaban J connectivity index is 2.11. The number of ether oxygens (including phenoxy) is 3. The Hall–Kier alpha value is -2.89. The van der Waals surface area contributed by atoms with Gasteiger partial charge in [-0.2, -0.15) is 0 Å². The minimum Gasteiger partial charge on any atom is -0.497 e. The largest absolute Gasteiger partial charge is 0.497 e. The Morgan fingerprint density at radius 1 is 0.889 bits per heavy atom. The number of benzene rings is 2. The summed E-state index contributed by atoms with van der Waals surface area (Å²) >= 11 is 0. The first-order chi connectivity index (χ1) is 13.1. The Kier molecular flexibility index (Phi) is 7.79. The van der Waals surface area contributed by atoms with Crippen LogP contribution in [0.2, 0.25) is 0 Å². The molecule has 0 heterocycles. The van der Waals surface area contributed by atoms with Gasteiger partial charge < -0.3 is 24.8 Å². The Bertz CT molecular complexity index is 775. The first-order valence-electron chi connectivity index (χ1n) is 8.97. The maximum Gasteiger partial charge on any atom is 0.191 e. The summed E-state index contributed by atoms with van der Waals surface area (Å²) in [4.78, 5) is 4.67. The number of aryl methyl sites for hydroxylation is 1. The molecular formula is C21H29N3O3. The van der Waals surface area contributed by atoms with E-state index < -0.39 is 0 Å². The van der Waals surface area contributed by atoms with Crippen molar-refractivity contribution in [1.29, 1.82) is 0 Å². The van der Waals surface area contributed by atoms with E-state index in [1.54, 1.807) is 21.3 Å². The van der Waals surface area contributed by atoms with Gasteiger partial charge in [0.25, 0.3) is 0 Å². The van der Waals surface area contributed by atoms with Crippen molar-refractivity contribution < 1.29 is 14.2 Å². The monoisotopic (exact) mass is 371 g/mol. The van der Waals surface area contributed by atoms with Crippen molar-refractivity contribution in [3.05, 3.63) is 53.1 Å². The number of guanidine groups is 1. The highest BCUT2D eigenvalue weighted by Crippen LogP contribution is 2.25. The fraction of sp³-hybridized carbons (Fsp3) is 0.381. The molecule has 0 amide bonds. The average Bonchev–Trinajstić information content (AvgIpc) is 2.70. The zero-order chi connectivity index (χ0) is 19.6. The van der Waals surface area contributed by atoms with Crippen LogP contribution in [0.1, 0.15) is 23.6 Å². The first-order valence-corrected chi connectivity index (χ1v) is 8.97. The topological polar surface area (TPSA) is 64.1 Å². The molecule has 0 radical (unpaired) electrons. The lowest BCUT2D eigenvalue weighted by molar-refractivity contribution is 0.391. The van der Waals surface area contributed by atoms with Crippen LogP contribution in [-0.2, 0) is 13.1 Å². The summed E-state index contributed by atoms with van der Waals surface area (Å²) in [5.74, 6) is 3.12. The highest BCUT2D eigenvalue weighted by molar-refractivity contribution is 5.79. The van der Waals surface area contributed by atoms with E-state index in [9.17, 15) is 0 Å². The van der Waals surface area contributed by atoms with E-state index in [1.807, 2.05) is 38.1 Å². The molecule has 2 aromatic rings. The molecule has 2 aromatic carbocycles. The number of hydrogen-bond donors (Lipinski definition) is 2. The number of rotatable bonds is 8. The minimum absolute atomic E-state index is 0.494. The van der Waals surface area contributed by atoms with Gasteiger partial charge in [-0.15, -0.1) is 0 Å². The van der Waals surface area contributed by atoms with Crippen LogP contribution >= 0.6 is 0 Å². The van der Waals surface area contributed by atoms with Crippen LogP contribution in [0.4, 0.5) is 0 Å². The molecule has 0 fully saturated rings. The fourth-order valence-corrected chi connectivity index (χ4v) is 2.67. The van der Waals surface area contributed by atoms with E-state index in [0.717, 1.165) is 40.9 Å². The highest BCUT2D eigenvalue weighted by Gasteiger charge is 2.07. The van der Waals surface area contributed by atoms with Crippen LogP contribution in [0.3, 0.4) is 0 Å². The van der Waals surface area contributed by atoms with Crippen molar-refractivity contribution in [1.82, 2.24) is 10.6 Å². The van der Waals surface area contributed by atoms with Crippen LogP contribution in [0, 0.1) is 6.92 Å². The van der Waals surface area contributed by atoms with E-state index in [2.05, 4.69) is 27.8 Å². The van der Waals surface area contributed by atoms with Crippen molar-refractivity contribution in [2.75, 3.05) is 27.9 Å². The maximum absolute atomic E-state index is 5.47. The zero-order valence-electron chi connectivity index (χ0n) is 16.8. The van der Waals surface area contributed by atoms with Crippen LogP contribution < -0.4 is 24.8 Å². The Morgan fingerprint density at radius 3 is 2.26 bits per heavy atom. The normalized spacial score (nSPS) is 11.1. The minimum atomic E-state index is 0.494. The Morgan fingerprint density at radius 2 is 1.59 bits per heavy atom. The van der Waals surface area contributed by atoms with Gasteiger partial charge in [0.1, 0.15) is 17.2 Å². The summed E-state index contributed by atoms with van der Waals surface area (Å²) in [6.45, 7) is 5.98. The highest BCUT2D eigenvalue weighted by atomic mass is 16.5. The van der Waals surface area contributed by atoms with Gasteiger partial charge in [0, 0.05) is 30.3 Å². The molecule has 0 aliphatic carbocycles. The summed E-state index contributed by atoms with van der Waals surface area (Å²) in [5.41, 5.74) is 3.24. The van der Waals surface area contributed by atoms with Gasteiger partial charge >= 0.3 is 0 Å². The Labute approximate surface area is 161 Å². The molecule has 0 saturated heterocycles. The molecule has 2 rings (SSSR count). The summed E-state index contributed by atoms with van der Waals surface area (Å²) in [6.07, 6.45) is 0. The van der Waals surface area contributed by atoms with Gasteiger partial charge in [-0.3, -0.25) is 0 Å². The SMILES string of the molecule is CCNC(=NCc1ccc(OC)cc1OC)NCc1ccc(C)cc1OC. The van der Waals surface area contributed by atoms with Crippen molar-refractivity contribution in [3.63, 3.8) is 0 Å². The average molecular weight is 371 g/mol. The second-order valence-electron chi connectivity index (χ2n) is 6.04. The molecule has 2 N–H and O–H groups in total. The van der Waals surface area contributed by atoms with E-state index in [-0.39, 0.29) is 0 Å². The number of hydrogen-bond acceptors (Lipinski definition) is 4. The van der Waals surface area contributed by atoms with Gasteiger partial charge in [0.15, 0.2) is 5.96 Å². The summed E-state index contributed by atoms with van der Waals surface area (Å²) in [5, 5.41) is 6.62. The van der Waals surface area contributed by atoms with Crippen molar-refractivity contribution >= 4 is 5.96 Å². The predicted molar refractivity (Wildman–Crippen MR) is 109 cm³/mol. The third kappa shape index (κ3) is 5.81. The molecule has 0 bridgehead atoms. The van der Waals surface area contributed by atoms with Crippen LogP contribution in [0.5, 0.6) is 17.2 Å². The van der Waals surface area contributed by atoms with E-state index in [4.69, 9.17) is 14.2 Å². The summed E-state index contributed by atoms with van der Waals surface area (Å²) in [7, 11) is 4.97. The molecule has 0 aliphatic heterocycles. The lowest BCUT2D eigenvalue weighted by atomic mass is 10.1. The van der Waals surface area contributed by atoms with Gasteiger partial charge in [0.2, 0.25) is 0 Å². The van der Waals surface area contributed by atoms with Crippen LogP contribution in [0.25, 0.3) is 0 Å². The van der Waals surface area contributed by atoms with E-state index >= 15 is 0 Å². The molecule has 27 heavy (non-hydrogen) atoms. The van der Waals surface area contributed by atoms with Crippen molar-refractivity contribution in [2.45, 2.75) is 26.9 Å². The lowest BCUT2D eigenvalue weighted by Gasteiger charge is -2.14. The number of nitrogens with one attached hydrogen (secondary N) is 2. The second kappa shape index (κ2) is 10.3. The smallest absolute Gasteiger partial charge is 0.191 e. The number of methoxy groups -OCH3 is 3. The van der Waals surface area contributed by atoms with E-state index in [1.165, 1.54) is 5.56 Å². The quantitative estimate of drug-likeness (QED) is 0.551. The predicted octanol–water partition coefficient (Wildman–Crippen LogP) is 3.28. The lowest BCUT2D eigenvalue weighted by Crippen LogP contribution is -2.36. The molecule has 0 atom stereocenters. The molecule has 0 unspecified atom stereocenters.